The number of carbonyl (C=O) groups is 1. The number of nitrogens with one attached hydrogen (secondary N) is 1. The molecule has 2 aliphatic rings. The molecule has 22 heavy (non-hydrogen) atoms. The molecule has 1 aliphatic carbocycles. The molecule has 1 aromatic rings. The summed E-state index contributed by atoms with van der Waals surface area (Å²) in [6.07, 6.45) is 9.01. The number of benzene rings is 1. The molecule has 1 saturated heterocycles. The number of nitrogens with zero attached hydrogens (tertiary/aromatic N) is 1. The molecule has 1 aliphatic heterocycles. The second-order valence-electron chi connectivity index (χ2n) is 6.79. The Labute approximate surface area is 134 Å². The van der Waals surface area contributed by atoms with Crippen LogP contribution in [0.5, 0.6) is 0 Å². The molecule has 1 aromatic carbocycles. The molecule has 1 heterocycles. The fourth-order valence-electron chi connectivity index (χ4n) is 3.96. The lowest BCUT2D eigenvalue weighted by Gasteiger charge is -2.27. The highest BCUT2D eigenvalue weighted by atomic mass is 16.2. The molecule has 3 nitrogen and oxygen atoms in total. The zero-order chi connectivity index (χ0) is 15.2. The summed E-state index contributed by atoms with van der Waals surface area (Å²) in [5, 5.41) is 3.20. The molecule has 120 valence electrons. The zero-order valence-corrected chi connectivity index (χ0v) is 13.5. The summed E-state index contributed by atoms with van der Waals surface area (Å²) in [4.78, 5) is 15.1. The van der Waals surface area contributed by atoms with Gasteiger partial charge in [-0.05, 0) is 43.8 Å². The number of hydrogen-bond donors (Lipinski definition) is 1. The molecular weight excluding hydrogens is 272 g/mol. The normalized spacial score (nSPS) is 21.1. The molecule has 1 unspecified atom stereocenters. The van der Waals surface area contributed by atoms with Gasteiger partial charge >= 0.3 is 0 Å². The van der Waals surface area contributed by atoms with E-state index in [1.165, 1.54) is 38.5 Å². The van der Waals surface area contributed by atoms with Gasteiger partial charge in [0.2, 0.25) is 5.91 Å². The van der Waals surface area contributed by atoms with Crippen LogP contribution in [0.4, 0.5) is 0 Å². The van der Waals surface area contributed by atoms with Crippen LogP contribution in [0.25, 0.3) is 0 Å². The largest absolute Gasteiger partial charge is 0.354 e. The lowest BCUT2D eigenvalue weighted by Crippen LogP contribution is -2.39. The average Bonchev–Trinajstić information content (AvgIpc) is 3.22. The van der Waals surface area contributed by atoms with Gasteiger partial charge in [0.15, 0.2) is 0 Å². The molecule has 3 heteroatoms. The number of likely N-dealkylation sites (tertiary alicyclic amines) is 1. The maximum atomic E-state index is 12.8. The quantitative estimate of drug-likeness (QED) is 0.872. The van der Waals surface area contributed by atoms with E-state index in [-0.39, 0.29) is 11.9 Å². The van der Waals surface area contributed by atoms with Crippen molar-refractivity contribution < 1.29 is 4.79 Å². The van der Waals surface area contributed by atoms with Crippen LogP contribution in [0.2, 0.25) is 0 Å². The molecule has 2 fully saturated rings. The number of rotatable bonds is 6. The highest BCUT2D eigenvalue weighted by Gasteiger charge is 2.29. The van der Waals surface area contributed by atoms with Crippen molar-refractivity contribution in [2.45, 2.75) is 51.0 Å². The van der Waals surface area contributed by atoms with E-state index in [4.69, 9.17) is 0 Å². The first-order valence-electron chi connectivity index (χ1n) is 8.91. The minimum atomic E-state index is -0.104. The second-order valence-corrected chi connectivity index (χ2v) is 6.79. The lowest BCUT2D eigenvalue weighted by atomic mass is 10.0. The van der Waals surface area contributed by atoms with Crippen LogP contribution in [0, 0.1) is 5.92 Å². The van der Waals surface area contributed by atoms with Gasteiger partial charge in [-0.3, -0.25) is 9.69 Å². The highest BCUT2D eigenvalue weighted by Crippen LogP contribution is 2.28. The van der Waals surface area contributed by atoms with Crippen LogP contribution in [0.15, 0.2) is 30.3 Å². The third-order valence-electron chi connectivity index (χ3n) is 5.20. The van der Waals surface area contributed by atoms with Crippen molar-refractivity contribution in [3.8, 4) is 0 Å². The fraction of sp³-hybridized carbons (Fsp3) is 0.632. The first-order valence-corrected chi connectivity index (χ1v) is 8.91. The van der Waals surface area contributed by atoms with E-state index in [0.717, 1.165) is 37.5 Å². The van der Waals surface area contributed by atoms with E-state index in [0.29, 0.717) is 0 Å². The van der Waals surface area contributed by atoms with Gasteiger partial charge in [-0.1, -0.05) is 56.0 Å². The van der Waals surface area contributed by atoms with E-state index in [9.17, 15) is 4.79 Å². The van der Waals surface area contributed by atoms with Gasteiger partial charge in [0, 0.05) is 6.54 Å². The smallest absolute Gasteiger partial charge is 0.241 e. The summed E-state index contributed by atoms with van der Waals surface area (Å²) in [6, 6.07) is 10.1. The summed E-state index contributed by atoms with van der Waals surface area (Å²) in [6.45, 7) is 2.91. The molecule has 1 N–H and O–H groups in total. The lowest BCUT2D eigenvalue weighted by molar-refractivity contribution is -0.126. The first-order chi connectivity index (χ1) is 10.8. The van der Waals surface area contributed by atoms with E-state index in [1.54, 1.807) is 0 Å². The van der Waals surface area contributed by atoms with E-state index in [1.807, 2.05) is 18.2 Å². The van der Waals surface area contributed by atoms with Gasteiger partial charge in [-0.25, -0.2) is 0 Å². The Morgan fingerprint density at radius 1 is 1.09 bits per heavy atom. The van der Waals surface area contributed by atoms with Crippen molar-refractivity contribution in [1.82, 2.24) is 10.2 Å². The van der Waals surface area contributed by atoms with Gasteiger partial charge in [0.25, 0.3) is 0 Å². The van der Waals surface area contributed by atoms with Crippen molar-refractivity contribution in [1.29, 1.82) is 0 Å². The number of hydrogen-bond acceptors (Lipinski definition) is 2. The molecular formula is C19H28N2O. The van der Waals surface area contributed by atoms with Gasteiger partial charge < -0.3 is 5.32 Å². The third-order valence-corrected chi connectivity index (χ3v) is 5.20. The summed E-state index contributed by atoms with van der Waals surface area (Å²) in [5.74, 6) is 1.02. The fourth-order valence-corrected chi connectivity index (χ4v) is 3.96. The Balaban J connectivity index is 1.59. The Kier molecular flexibility index (Phi) is 5.49. The molecule has 1 amide bonds. The summed E-state index contributed by atoms with van der Waals surface area (Å²) in [7, 11) is 0. The minimum absolute atomic E-state index is 0.104. The van der Waals surface area contributed by atoms with Gasteiger partial charge in [0.1, 0.15) is 6.04 Å². The van der Waals surface area contributed by atoms with Crippen molar-refractivity contribution in [3.63, 3.8) is 0 Å². The van der Waals surface area contributed by atoms with E-state index < -0.39 is 0 Å². The van der Waals surface area contributed by atoms with Crippen LogP contribution < -0.4 is 5.32 Å². The van der Waals surface area contributed by atoms with E-state index >= 15 is 0 Å². The van der Waals surface area contributed by atoms with Crippen LogP contribution in [0.1, 0.15) is 56.6 Å². The summed E-state index contributed by atoms with van der Waals surface area (Å²) >= 11 is 0. The molecule has 1 atom stereocenters. The summed E-state index contributed by atoms with van der Waals surface area (Å²) < 4.78 is 0. The Morgan fingerprint density at radius 2 is 1.77 bits per heavy atom. The van der Waals surface area contributed by atoms with Crippen LogP contribution in [-0.4, -0.2) is 30.4 Å². The van der Waals surface area contributed by atoms with Gasteiger partial charge in [-0.15, -0.1) is 0 Å². The van der Waals surface area contributed by atoms with Crippen molar-refractivity contribution >= 4 is 5.91 Å². The standard InChI is InChI=1S/C19H28N2O/c22-19(20-13-12-16-8-4-5-9-16)18(21-14-6-7-15-21)17-10-2-1-3-11-17/h1-3,10-11,16,18H,4-9,12-15H2,(H,20,22). The van der Waals surface area contributed by atoms with Gasteiger partial charge in [-0.2, -0.15) is 0 Å². The molecule has 1 saturated carbocycles. The zero-order valence-electron chi connectivity index (χ0n) is 13.5. The molecule has 3 rings (SSSR count). The molecule has 0 radical (unpaired) electrons. The monoisotopic (exact) mass is 300 g/mol. The van der Waals surface area contributed by atoms with Crippen LogP contribution in [-0.2, 0) is 4.79 Å². The minimum Gasteiger partial charge on any atom is -0.354 e. The Hall–Kier alpha value is -1.35. The Bertz CT molecular complexity index is 462. The topological polar surface area (TPSA) is 32.3 Å². The van der Waals surface area contributed by atoms with Crippen LogP contribution in [0.3, 0.4) is 0 Å². The van der Waals surface area contributed by atoms with Gasteiger partial charge in [0.05, 0.1) is 0 Å². The molecule has 0 spiro atoms. The maximum absolute atomic E-state index is 12.8. The average molecular weight is 300 g/mol. The SMILES string of the molecule is O=C(NCCC1CCCC1)C(c1ccccc1)N1CCCC1. The van der Waals surface area contributed by atoms with Crippen molar-refractivity contribution in [3.05, 3.63) is 35.9 Å². The van der Waals surface area contributed by atoms with Crippen LogP contribution >= 0.6 is 0 Å². The second kappa shape index (κ2) is 7.77. The highest BCUT2D eigenvalue weighted by molar-refractivity contribution is 5.83. The predicted molar refractivity (Wildman–Crippen MR) is 89.6 cm³/mol. The summed E-state index contributed by atoms with van der Waals surface area (Å²) in [5.41, 5.74) is 1.13. The Morgan fingerprint density at radius 3 is 2.45 bits per heavy atom. The predicted octanol–water partition coefficient (Wildman–Crippen LogP) is 3.52. The maximum Gasteiger partial charge on any atom is 0.241 e. The van der Waals surface area contributed by atoms with Crippen molar-refractivity contribution in [2.75, 3.05) is 19.6 Å². The molecule has 0 aromatic heterocycles. The molecule has 0 bridgehead atoms. The van der Waals surface area contributed by atoms with E-state index in [2.05, 4.69) is 22.3 Å². The number of carbonyl (C=O) groups excluding carboxylic acids is 1. The first kappa shape index (κ1) is 15.5. The number of amides is 1. The van der Waals surface area contributed by atoms with Crippen molar-refractivity contribution in [2.24, 2.45) is 5.92 Å². The third kappa shape index (κ3) is 3.89.